The summed E-state index contributed by atoms with van der Waals surface area (Å²) in [5.74, 6) is -1.58. The van der Waals surface area contributed by atoms with Gasteiger partial charge < -0.3 is 16.4 Å². The highest BCUT2D eigenvalue weighted by atomic mass is 79.9. The van der Waals surface area contributed by atoms with Crippen LogP contribution in [0.2, 0.25) is 0 Å². The highest BCUT2D eigenvalue weighted by Gasteiger charge is 2.20. The lowest BCUT2D eigenvalue weighted by Gasteiger charge is -2.17. The van der Waals surface area contributed by atoms with Gasteiger partial charge in [-0.25, -0.2) is 0 Å². The standard InChI is InChI=1S/C15H20BrN3O3/c1-9(2)14(21)19-12(13(17)20)8-18-15(22)11-5-3-10(7-16)4-6-11/h3-6,9,12H,7-8H2,1-2H3,(H2,17,20)(H,18,22)(H,19,21)/t12-/m0/s1. The third-order valence-electron chi connectivity index (χ3n) is 3.02. The van der Waals surface area contributed by atoms with E-state index in [0.717, 1.165) is 5.56 Å². The Morgan fingerprint density at radius 2 is 1.77 bits per heavy atom. The summed E-state index contributed by atoms with van der Waals surface area (Å²) in [4.78, 5) is 35.0. The van der Waals surface area contributed by atoms with Gasteiger partial charge in [-0.15, -0.1) is 0 Å². The van der Waals surface area contributed by atoms with E-state index in [-0.39, 0.29) is 24.3 Å². The van der Waals surface area contributed by atoms with Crippen LogP contribution in [0.15, 0.2) is 24.3 Å². The van der Waals surface area contributed by atoms with Gasteiger partial charge in [0.15, 0.2) is 0 Å². The maximum absolute atomic E-state index is 12.0. The summed E-state index contributed by atoms with van der Waals surface area (Å²) in [6.07, 6.45) is 0. The Bertz CT molecular complexity index is 543. The molecule has 1 aromatic rings. The summed E-state index contributed by atoms with van der Waals surface area (Å²) in [6, 6.07) is 6.11. The minimum atomic E-state index is -0.930. The summed E-state index contributed by atoms with van der Waals surface area (Å²) < 4.78 is 0. The van der Waals surface area contributed by atoms with Crippen molar-refractivity contribution in [3.05, 3.63) is 35.4 Å². The van der Waals surface area contributed by atoms with Crippen LogP contribution >= 0.6 is 15.9 Å². The van der Waals surface area contributed by atoms with Crippen LogP contribution < -0.4 is 16.4 Å². The molecule has 0 saturated carbocycles. The van der Waals surface area contributed by atoms with E-state index in [1.54, 1.807) is 26.0 Å². The van der Waals surface area contributed by atoms with Crippen molar-refractivity contribution in [2.45, 2.75) is 25.2 Å². The first-order valence-electron chi connectivity index (χ1n) is 6.88. The molecule has 0 aromatic heterocycles. The van der Waals surface area contributed by atoms with Gasteiger partial charge in [-0.2, -0.15) is 0 Å². The first-order chi connectivity index (χ1) is 10.3. The molecular weight excluding hydrogens is 350 g/mol. The molecule has 0 spiro atoms. The molecule has 1 rings (SSSR count). The number of carbonyl (C=O) groups is 3. The Morgan fingerprint density at radius 3 is 2.23 bits per heavy atom. The normalized spacial score (nSPS) is 11.8. The van der Waals surface area contributed by atoms with E-state index >= 15 is 0 Å². The number of halogens is 1. The number of rotatable bonds is 7. The molecule has 0 radical (unpaired) electrons. The predicted octanol–water partition coefficient (Wildman–Crippen LogP) is 0.937. The highest BCUT2D eigenvalue weighted by Crippen LogP contribution is 2.07. The molecule has 0 bridgehead atoms. The van der Waals surface area contributed by atoms with E-state index in [2.05, 4.69) is 26.6 Å². The third-order valence-corrected chi connectivity index (χ3v) is 3.67. The summed E-state index contributed by atoms with van der Waals surface area (Å²) in [7, 11) is 0. The van der Waals surface area contributed by atoms with Gasteiger partial charge in [-0.1, -0.05) is 41.9 Å². The van der Waals surface area contributed by atoms with E-state index in [4.69, 9.17) is 5.73 Å². The van der Waals surface area contributed by atoms with Crippen molar-refractivity contribution < 1.29 is 14.4 Å². The predicted molar refractivity (Wildman–Crippen MR) is 87.4 cm³/mol. The largest absolute Gasteiger partial charge is 0.368 e. The fourth-order valence-corrected chi connectivity index (χ4v) is 1.98. The van der Waals surface area contributed by atoms with Gasteiger partial charge in [-0.3, -0.25) is 14.4 Å². The average Bonchev–Trinajstić information content (AvgIpc) is 2.50. The van der Waals surface area contributed by atoms with Crippen LogP contribution in [0.5, 0.6) is 0 Å². The van der Waals surface area contributed by atoms with Crippen molar-refractivity contribution in [1.82, 2.24) is 10.6 Å². The van der Waals surface area contributed by atoms with Gasteiger partial charge in [-0.05, 0) is 17.7 Å². The number of hydrogen-bond acceptors (Lipinski definition) is 3. The van der Waals surface area contributed by atoms with E-state index in [0.29, 0.717) is 10.9 Å². The molecule has 0 aliphatic heterocycles. The van der Waals surface area contributed by atoms with Gasteiger partial charge in [0.2, 0.25) is 11.8 Å². The topological polar surface area (TPSA) is 101 Å². The molecule has 0 aliphatic rings. The number of primary amides is 1. The van der Waals surface area contributed by atoms with Crippen molar-refractivity contribution in [2.75, 3.05) is 6.54 Å². The van der Waals surface area contributed by atoms with Crippen molar-refractivity contribution >= 4 is 33.7 Å². The molecular formula is C15H20BrN3O3. The fraction of sp³-hybridized carbons (Fsp3) is 0.400. The van der Waals surface area contributed by atoms with Gasteiger partial charge in [0.05, 0.1) is 0 Å². The van der Waals surface area contributed by atoms with Crippen LogP contribution in [0.25, 0.3) is 0 Å². The van der Waals surface area contributed by atoms with Gasteiger partial charge in [0.25, 0.3) is 5.91 Å². The summed E-state index contributed by atoms with van der Waals surface area (Å²) >= 11 is 3.33. The first-order valence-corrected chi connectivity index (χ1v) is 8.00. The molecule has 22 heavy (non-hydrogen) atoms. The van der Waals surface area contributed by atoms with Gasteiger partial charge >= 0.3 is 0 Å². The second-order valence-electron chi connectivity index (χ2n) is 5.16. The zero-order valence-corrected chi connectivity index (χ0v) is 14.1. The van der Waals surface area contributed by atoms with E-state index in [9.17, 15) is 14.4 Å². The highest BCUT2D eigenvalue weighted by molar-refractivity contribution is 9.08. The molecule has 0 saturated heterocycles. The van der Waals surface area contributed by atoms with Crippen molar-refractivity contribution in [2.24, 2.45) is 11.7 Å². The molecule has 6 nitrogen and oxygen atoms in total. The van der Waals surface area contributed by atoms with Crippen LogP contribution in [0, 0.1) is 5.92 Å². The molecule has 0 heterocycles. The van der Waals surface area contributed by atoms with Crippen molar-refractivity contribution in [3.8, 4) is 0 Å². The van der Waals surface area contributed by atoms with Crippen LogP contribution in [-0.2, 0) is 14.9 Å². The molecule has 1 atom stereocenters. The minimum Gasteiger partial charge on any atom is -0.368 e. The quantitative estimate of drug-likeness (QED) is 0.623. The Kier molecular flexibility index (Phi) is 7.04. The summed E-state index contributed by atoms with van der Waals surface area (Å²) in [6.45, 7) is 3.36. The molecule has 120 valence electrons. The number of nitrogens with one attached hydrogen (secondary N) is 2. The minimum absolute atomic E-state index is 0.0488. The van der Waals surface area contributed by atoms with Gasteiger partial charge in [0.1, 0.15) is 6.04 Å². The van der Waals surface area contributed by atoms with E-state index < -0.39 is 11.9 Å². The lowest BCUT2D eigenvalue weighted by atomic mass is 10.1. The molecule has 4 N–H and O–H groups in total. The van der Waals surface area contributed by atoms with Crippen LogP contribution in [0.4, 0.5) is 0 Å². The third kappa shape index (κ3) is 5.48. The zero-order valence-electron chi connectivity index (χ0n) is 12.6. The lowest BCUT2D eigenvalue weighted by molar-refractivity contribution is -0.129. The smallest absolute Gasteiger partial charge is 0.251 e. The number of benzene rings is 1. The Morgan fingerprint density at radius 1 is 1.18 bits per heavy atom. The fourth-order valence-electron chi connectivity index (χ4n) is 1.60. The molecule has 3 amide bonds. The maximum Gasteiger partial charge on any atom is 0.251 e. The van der Waals surface area contributed by atoms with Crippen molar-refractivity contribution in [1.29, 1.82) is 0 Å². The molecule has 0 fully saturated rings. The van der Waals surface area contributed by atoms with E-state index in [1.807, 2.05) is 12.1 Å². The maximum atomic E-state index is 12.0. The number of carbonyl (C=O) groups excluding carboxylic acids is 3. The SMILES string of the molecule is CC(C)C(=O)N[C@@H](CNC(=O)c1ccc(CBr)cc1)C(N)=O. The van der Waals surface area contributed by atoms with Crippen molar-refractivity contribution in [3.63, 3.8) is 0 Å². The number of hydrogen-bond donors (Lipinski definition) is 3. The Hall–Kier alpha value is -1.89. The average molecular weight is 370 g/mol. The summed E-state index contributed by atoms with van der Waals surface area (Å²) in [5.41, 5.74) is 6.76. The molecule has 0 unspecified atom stereocenters. The van der Waals surface area contributed by atoms with Crippen LogP contribution in [-0.4, -0.2) is 30.3 Å². The second kappa shape index (κ2) is 8.53. The summed E-state index contributed by atoms with van der Waals surface area (Å²) in [5, 5.41) is 5.81. The number of nitrogens with two attached hydrogens (primary N) is 1. The first kappa shape index (κ1) is 18.2. The molecule has 7 heteroatoms. The van der Waals surface area contributed by atoms with Crippen LogP contribution in [0.3, 0.4) is 0 Å². The van der Waals surface area contributed by atoms with E-state index in [1.165, 1.54) is 0 Å². The number of amides is 3. The Balaban J connectivity index is 2.61. The van der Waals surface area contributed by atoms with Gasteiger partial charge in [0, 0.05) is 23.4 Å². The molecule has 0 aliphatic carbocycles. The van der Waals surface area contributed by atoms with Crippen LogP contribution in [0.1, 0.15) is 29.8 Å². The molecule has 1 aromatic carbocycles. The lowest BCUT2D eigenvalue weighted by Crippen LogP contribution is -2.52. The zero-order chi connectivity index (χ0) is 16.7. The monoisotopic (exact) mass is 369 g/mol. The second-order valence-corrected chi connectivity index (χ2v) is 5.72. The Labute approximate surface area is 138 Å². The number of alkyl halides is 1.